The van der Waals surface area contributed by atoms with Crippen molar-refractivity contribution in [1.82, 2.24) is 9.78 Å². The molecule has 0 radical (unpaired) electrons. The number of hydrogen-bond donors (Lipinski definition) is 2. The molecule has 2 amide bonds. The van der Waals surface area contributed by atoms with Gasteiger partial charge in [-0.3, -0.25) is 10.1 Å². The molecule has 2 atom stereocenters. The molecule has 2 aromatic carbocycles. The van der Waals surface area contributed by atoms with Gasteiger partial charge < -0.3 is 10.1 Å². The lowest BCUT2D eigenvalue weighted by Crippen LogP contribution is -2.28. The first-order valence-electron chi connectivity index (χ1n) is 12.2. The molecule has 1 aromatic heterocycles. The summed E-state index contributed by atoms with van der Waals surface area (Å²) in [4.78, 5) is 24.8. The maximum atomic E-state index is 13.0. The number of ether oxygens (including phenoxy) is 1. The molecule has 3 aromatic rings. The summed E-state index contributed by atoms with van der Waals surface area (Å²) in [6.45, 7) is 6.35. The fourth-order valence-corrected chi connectivity index (χ4v) is 5.69. The quantitative estimate of drug-likeness (QED) is 0.395. The monoisotopic (exact) mass is 492 g/mol. The van der Waals surface area contributed by atoms with Crippen molar-refractivity contribution in [3.8, 4) is 5.75 Å². The van der Waals surface area contributed by atoms with Crippen LogP contribution in [0.25, 0.3) is 10.8 Å². The second-order valence-electron chi connectivity index (χ2n) is 10.4. The second-order valence-corrected chi connectivity index (χ2v) is 11.6. The van der Waals surface area contributed by atoms with Gasteiger partial charge in [-0.15, -0.1) is 0 Å². The molecule has 184 valence electrons. The van der Waals surface area contributed by atoms with Gasteiger partial charge in [0.15, 0.2) is 12.4 Å². The Morgan fingerprint density at radius 1 is 1.14 bits per heavy atom. The number of aromatic nitrogens is 2. The van der Waals surface area contributed by atoms with Crippen molar-refractivity contribution in [2.75, 3.05) is 22.1 Å². The van der Waals surface area contributed by atoms with Crippen LogP contribution in [0.1, 0.15) is 51.8 Å². The first-order valence-corrected chi connectivity index (χ1v) is 13.4. The van der Waals surface area contributed by atoms with Crippen molar-refractivity contribution in [2.45, 2.75) is 57.6 Å². The zero-order chi connectivity index (χ0) is 24.6. The van der Waals surface area contributed by atoms with Crippen LogP contribution in [0.5, 0.6) is 5.75 Å². The van der Waals surface area contributed by atoms with Gasteiger partial charge >= 0.3 is 6.03 Å². The highest BCUT2D eigenvalue weighted by Gasteiger charge is 2.30. The molecule has 1 aliphatic heterocycles. The molecule has 0 bridgehead atoms. The van der Waals surface area contributed by atoms with E-state index in [1.54, 1.807) is 0 Å². The molecule has 2 heterocycles. The van der Waals surface area contributed by atoms with Crippen LogP contribution in [0.4, 0.5) is 16.3 Å². The van der Waals surface area contributed by atoms with E-state index in [1.165, 1.54) is 0 Å². The van der Waals surface area contributed by atoms with Crippen LogP contribution >= 0.6 is 11.8 Å². The smallest absolute Gasteiger partial charge is 0.324 e. The van der Waals surface area contributed by atoms with Gasteiger partial charge in [0.2, 0.25) is 0 Å². The van der Waals surface area contributed by atoms with Crippen molar-refractivity contribution in [3.05, 3.63) is 48.2 Å². The predicted molar refractivity (Wildman–Crippen MR) is 142 cm³/mol. The number of benzene rings is 2. The third-order valence-electron chi connectivity index (χ3n) is 6.60. The molecule has 2 fully saturated rings. The van der Waals surface area contributed by atoms with Crippen LogP contribution < -0.4 is 15.4 Å². The summed E-state index contributed by atoms with van der Waals surface area (Å²) in [7, 11) is 0. The Kier molecular flexibility index (Phi) is 6.49. The number of urea groups is 1. The topological polar surface area (TPSA) is 85.3 Å². The summed E-state index contributed by atoms with van der Waals surface area (Å²) >= 11 is 1.86. The lowest BCUT2D eigenvalue weighted by atomic mass is 9.92. The van der Waals surface area contributed by atoms with E-state index in [2.05, 4.69) is 31.4 Å². The Balaban J connectivity index is 1.36. The van der Waals surface area contributed by atoms with Crippen LogP contribution in [0.15, 0.2) is 42.5 Å². The van der Waals surface area contributed by atoms with Crippen LogP contribution in [0, 0.1) is 5.92 Å². The van der Waals surface area contributed by atoms with Gasteiger partial charge in [-0.2, -0.15) is 16.9 Å². The number of carbonyl (C=O) groups excluding carboxylic acids is 2. The van der Waals surface area contributed by atoms with Crippen molar-refractivity contribution in [2.24, 2.45) is 5.92 Å². The highest BCUT2D eigenvalue weighted by molar-refractivity contribution is 7.99. The van der Waals surface area contributed by atoms with Gasteiger partial charge in [-0.25, -0.2) is 9.48 Å². The minimum Gasteiger partial charge on any atom is -0.482 e. The molecule has 7 nitrogen and oxygen atoms in total. The fourth-order valence-electron chi connectivity index (χ4n) is 4.40. The minimum absolute atomic E-state index is 0.102. The highest BCUT2D eigenvalue weighted by atomic mass is 32.2. The molecule has 8 heteroatoms. The van der Waals surface area contributed by atoms with Crippen molar-refractivity contribution in [3.63, 3.8) is 0 Å². The minimum atomic E-state index is -0.463. The average molecular weight is 493 g/mol. The molecule has 1 saturated carbocycles. The number of anilines is 2. The maximum absolute atomic E-state index is 13.0. The normalized spacial score (nSPS) is 18.9. The number of thioether (sulfide) groups is 1. The average Bonchev–Trinajstić information content (AvgIpc) is 3.34. The molecule has 1 aliphatic carbocycles. The first-order chi connectivity index (χ1) is 16.8. The van der Waals surface area contributed by atoms with E-state index in [-0.39, 0.29) is 17.4 Å². The lowest BCUT2D eigenvalue weighted by molar-refractivity contribution is -0.115. The summed E-state index contributed by atoms with van der Waals surface area (Å²) in [6, 6.07) is 13.4. The SMILES string of the molecule is CC(C)(C)c1cc(NC(=O)Nc2ccc(OC(C=O)C3CCSC3)c3ccccc23)n(C2CC2)n1. The summed E-state index contributed by atoms with van der Waals surface area (Å²) in [6.07, 6.45) is 3.60. The van der Waals surface area contributed by atoms with E-state index in [9.17, 15) is 9.59 Å². The van der Waals surface area contributed by atoms with Crippen molar-refractivity contribution < 1.29 is 14.3 Å². The molecule has 0 spiro atoms. The Labute approximate surface area is 210 Å². The summed E-state index contributed by atoms with van der Waals surface area (Å²) in [5, 5.41) is 12.5. The van der Waals surface area contributed by atoms with Crippen LogP contribution in [-0.4, -0.2) is 39.7 Å². The Morgan fingerprint density at radius 2 is 1.91 bits per heavy atom. The first kappa shape index (κ1) is 23.7. The highest BCUT2D eigenvalue weighted by Crippen LogP contribution is 2.39. The molecular formula is C27H32N4O3S. The summed E-state index contributed by atoms with van der Waals surface area (Å²) < 4.78 is 8.12. The fraction of sp³-hybridized carbons (Fsp3) is 0.444. The third kappa shape index (κ3) is 5.17. The lowest BCUT2D eigenvalue weighted by Gasteiger charge is -2.21. The summed E-state index contributed by atoms with van der Waals surface area (Å²) in [5.41, 5.74) is 1.53. The summed E-state index contributed by atoms with van der Waals surface area (Å²) in [5.74, 6) is 3.60. The second kappa shape index (κ2) is 9.57. The van der Waals surface area contributed by atoms with Gasteiger partial charge in [-0.05, 0) is 37.1 Å². The number of carbonyl (C=O) groups is 2. The number of fused-ring (bicyclic) bond motifs is 1. The number of nitrogens with zero attached hydrogens (tertiary/aromatic N) is 2. The number of nitrogens with one attached hydrogen (secondary N) is 2. The zero-order valence-electron chi connectivity index (χ0n) is 20.4. The van der Waals surface area contributed by atoms with Gasteiger partial charge in [-0.1, -0.05) is 45.0 Å². The van der Waals surface area contributed by atoms with E-state index < -0.39 is 6.10 Å². The standard InChI is InChI=1S/C27H32N4O3S/c1-27(2,3)24-14-25(31(30-24)18-8-9-18)29-26(33)28-21-10-11-22(20-7-5-4-6-19(20)21)34-23(15-32)17-12-13-35-16-17/h4-7,10-11,14-15,17-18,23H,8-9,12-13,16H2,1-3H3,(H2,28,29,33). The largest absolute Gasteiger partial charge is 0.482 e. The van der Waals surface area contributed by atoms with Gasteiger partial charge in [0.1, 0.15) is 11.6 Å². The van der Waals surface area contributed by atoms with E-state index in [0.717, 1.165) is 53.5 Å². The molecule has 1 saturated heterocycles. The van der Waals surface area contributed by atoms with Crippen LogP contribution in [-0.2, 0) is 10.2 Å². The Morgan fingerprint density at radius 3 is 2.57 bits per heavy atom. The molecular weight excluding hydrogens is 460 g/mol. The number of aldehydes is 1. The van der Waals surface area contributed by atoms with Gasteiger partial charge in [0.25, 0.3) is 0 Å². The Bertz CT molecular complexity index is 1240. The number of hydrogen-bond acceptors (Lipinski definition) is 5. The number of amides is 2. The van der Waals surface area contributed by atoms with E-state index in [1.807, 2.05) is 58.9 Å². The van der Waals surface area contributed by atoms with E-state index in [0.29, 0.717) is 23.3 Å². The molecule has 35 heavy (non-hydrogen) atoms. The van der Waals surface area contributed by atoms with Gasteiger partial charge in [0, 0.05) is 33.9 Å². The predicted octanol–water partition coefficient (Wildman–Crippen LogP) is 6.01. The third-order valence-corrected chi connectivity index (χ3v) is 7.79. The maximum Gasteiger partial charge on any atom is 0.324 e. The Hall–Kier alpha value is -3.00. The zero-order valence-corrected chi connectivity index (χ0v) is 21.2. The van der Waals surface area contributed by atoms with E-state index >= 15 is 0 Å². The van der Waals surface area contributed by atoms with Crippen LogP contribution in [0.2, 0.25) is 0 Å². The van der Waals surface area contributed by atoms with Crippen molar-refractivity contribution >= 4 is 46.4 Å². The molecule has 2 aliphatic rings. The van der Waals surface area contributed by atoms with Gasteiger partial charge in [0.05, 0.1) is 17.4 Å². The number of rotatable bonds is 7. The molecule has 5 rings (SSSR count). The molecule has 2 N–H and O–H groups in total. The van der Waals surface area contributed by atoms with Crippen LogP contribution in [0.3, 0.4) is 0 Å². The van der Waals surface area contributed by atoms with Crippen molar-refractivity contribution in [1.29, 1.82) is 0 Å². The molecule has 2 unspecified atom stereocenters. The van der Waals surface area contributed by atoms with E-state index in [4.69, 9.17) is 9.84 Å².